The summed E-state index contributed by atoms with van der Waals surface area (Å²) in [6.45, 7) is 6.31. The van der Waals surface area contributed by atoms with Gasteiger partial charge in [0, 0.05) is 34.8 Å². The molecule has 2 aromatic carbocycles. The second kappa shape index (κ2) is 8.62. The molecule has 5 nitrogen and oxygen atoms in total. The fourth-order valence-corrected chi connectivity index (χ4v) is 4.42. The van der Waals surface area contributed by atoms with Crippen molar-refractivity contribution in [1.29, 1.82) is 0 Å². The van der Waals surface area contributed by atoms with Gasteiger partial charge in [0.1, 0.15) is 11.6 Å². The van der Waals surface area contributed by atoms with Crippen molar-refractivity contribution in [2.24, 2.45) is 5.92 Å². The van der Waals surface area contributed by atoms with Crippen molar-refractivity contribution < 1.29 is 9.41 Å². The molecule has 0 aliphatic carbocycles. The third-order valence-electron chi connectivity index (χ3n) is 6.03. The molecule has 7 heteroatoms. The van der Waals surface area contributed by atoms with Crippen LogP contribution in [0.3, 0.4) is 0 Å². The Morgan fingerprint density at radius 2 is 2.17 bits per heavy atom. The van der Waals surface area contributed by atoms with E-state index in [-0.39, 0.29) is 5.82 Å². The van der Waals surface area contributed by atoms with Crippen molar-refractivity contribution in [2.75, 3.05) is 30.7 Å². The topological polar surface area (TPSA) is 74.4 Å². The van der Waals surface area contributed by atoms with Crippen LogP contribution in [0, 0.1) is 18.7 Å². The maximum atomic E-state index is 14.6. The summed E-state index contributed by atoms with van der Waals surface area (Å²) in [6, 6.07) is 11.0. The number of aryl methyl sites for hydroxylation is 1. The van der Waals surface area contributed by atoms with E-state index in [0.717, 1.165) is 60.1 Å². The summed E-state index contributed by atoms with van der Waals surface area (Å²) in [7, 11) is -0.424. The van der Waals surface area contributed by atoms with Crippen molar-refractivity contribution >= 4 is 29.3 Å². The first-order chi connectivity index (χ1) is 14.4. The van der Waals surface area contributed by atoms with Crippen LogP contribution in [0.25, 0.3) is 21.9 Å². The zero-order valence-electron chi connectivity index (χ0n) is 17.5. The molecule has 0 bridgehead atoms. The van der Waals surface area contributed by atoms with Crippen LogP contribution in [0.1, 0.15) is 18.4 Å². The Labute approximate surface area is 177 Å². The number of aromatic nitrogens is 1. The van der Waals surface area contributed by atoms with Crippen molar-refractivity contribution in [2.45, 2.75) is 26.6 Å². The number of nitrogens with two attached hydrogens (primary N) is 1. The smallest absolute Gasteiger partial charge is 0.376 e. The molecule has 0 radical (unpaired) electrons. The maximum Gasteiger partial charge on any atom is 0.376 e. The van der Waals surface area contributed by atoms with Gasteiger partial charge in [-0.2, -0.15) is 0 Å². The number of halogens is 1. The van der Waals surface area contributed by atoms with Crippen LogP contribution in [-0.4, -0.2) is 41.5 Å². The van der Waals surface area contributed by atoms with Crippen molar-refractivity contribution in [3.05, 3.63) is 54.0 Å². The van der Waals surface area contributed by atoms with Gasteiger partial charge in [0.05, 0.1) is 0 Å². The fourth-order valence-electron chi connectivity index (χ4n) is 4.42. The second-order valence-electron chi connectivity index (χ2n) is 8.30. The molecule has 4 N–H and O–H groups in total. The number of nitrogen functional groups attached to an aromatic ring is 1. The molecular weight excluding hydrogens is 378 g/mol. The molecule has 30 heavy (non-hydrogen) atoms. The minimum atomic E-state index is -0.424. The molecule has 1 aliphatic heterocycles. The summed E-state index contributed by atoms with van der Waals surface area (Å²) in [5, 5.41) is 15.4. The van der Waals surface area contributed by atoms with Gasteiger partial charge in [-0.25, -0.2) is 9.37 Å². The molecular formula is C23H28BFN4O. The molecule has 0 spiro atoms. The van der Waals surface area contributed by atoms with Crippen molar-refractivity contribution in [3.8, 4) is 11.1 Å². The highest BCUT2D eigenvalue weighted by molar-refractivity contribution is 6.45. The van der Waals surface area contributed by atoms with Crippen LogP contribution >= 0.6 is 0 Å². The largest absolute Gasteiger partial charge is 0.437 e. The number of anilines is 2. The van der Waals surface area contributed by atoms with Crippen molar-refractivity contribution in [1.82, 2.24) is 9.79 Å². The first-order valence-corrected chi connectivity index (χ1v) is 10.5. The SMILES string of the molecule is CB(O)N1CCC[C@H](CNc2cc(-c3c(C)cccc3F)cc3cnc(N)cc23)C1. The van der Waals surface area contributed by atoms with Crippen LogP contribution in [0.4, 0.5) is 15.9 Å². The summed E-state index contributed by atoms with van der Waals surface area (Å²) in [6.07, 6.45) is 3.93. The Kier molecular flexibility index (Phi) is 5.93. The van der Waals surface area contributed by atoms with E-state index in [1.165, 1.54) is 6.07 Å². The van der Waals surface area contributed by atoms with Gasteiger partial charge >= 0.3 is 7.05 Å². The molecule has 1 atom stereocenters. The number of pyridine rings is 1. The lowest BCUT2D eigenvalue weighted by atomic mass is 9.80. The van der Waals surface area contributed by atoms with Gasteiger partial charge < -0.3 is 20.9 Å². The third kappa shape index (κ3) is 4.27. The number of hydrogen-bond donors (Lipinski definition) is 3. The highest BCUT2D eigenvalue weighted by atomic mass is 19.1. The molecule has 156 valence electrons. The van der Waals surface area contributed by atoms with E-state index in [2.05, 4.69) is 15.1 Å². The summed E-state index contributed by atoms with van der Waals surface area (Å²) >= 11 is 0. The average Bonchev–Trinajstić information content (AvgIpc) is 2.72. The van der Waals surface area contributed by atoms with Crippen LogP contribution in [0.15, 0.2) is 42.6 Å². The molecule has 0 unspecified atom stereocenters. The molecule has 4 rings (SSSR count). The number of nitrogens with zero attached hydrogens (tertiary/aromatic N) is 2. The van der Waals surface area contributed by atoms with Gasteiger partial charge in [-0.05, 0) is 81.0 Å². The fraction of sp³-hybridized carbons (Fsp3) is 0.348. The Morgan fingerprint density at radius 3 is 2.93 bits per heavy atom. The van der Waals surface area contributed by atoms with Crippen molar-refractivity contribution in [3.63, 3.8) is 0 Å². The van der Waals surface area contributed by atoms with Gasteiger partial charge in [0.15, 0.2) is 0 Å². The number of hydrogen-bond acceptors (Lipinski definition) is 5. The molecule has 3 aromatic rings. The molecule has 0 amide bonds. The van der Waals surface area contributed by atoms with E-state index in [4.69, 9.17) is 5.73 Å². The van der Waals surface area contributed by atoms with E-state index >= 15 is 0 Å². The quantitative estimate of drug-likeness (QED) is 0.555. The number of fused-ring (bicyclic) bond motifs is 1. The number of piperidine rings is 1. The summed E-state index contributed by atoms with van der Waals surface area (Å²) in [5.74, 6) is 0.656. The molecule has 1 aromatic heterocycles. The summed E-state index contributed by atoms with van der Waals surface area (Å²) < 4.78 is 14.6. The Hall–Kier alpha value is -2.64. The number of rotatable bonds is 5. The van der Waals surface area contributed by atoms with Gasteiger partial charge in [-0.3, -0.25) is 0 Å². The van der Waals surface area contributed by atoms with E-state index in [1.807, 2.05) is 38.0 Å². The average molecular weight is 406 g/mol. The van der Waals surface area contributed by atoms with Gasteiger partial charge in [0.2, 0.25) is 0 Å². The molecule has 2 heterocycles. The molecule has 0 saturated carbocycles. The van der Waals surface area contributed by atoms with Crippen LogP contribution in [0.5, 0.6) is 0 Å². The maximum absolute atomic E-state index is 14.6. The predicted octanol–water partition coefficient (Wildman–Crippen LogP) is 4.17. The monoisotopic (exact) mass is 406 g/mol. The predicted molar refractivity (Wildman–Crippen MR) is 123 cm³/mol. The molecule has 1 aliphatic rings. The van der Waals surface area contributed by atoms with E-state index in [0.29, 0.717) is 17.3 Å². The molecule has 1 fully saturated rings. The lowest BCUT2D eigenvalue weighted by Gasteiger charge is -2.33. The number of benzene rings is 2. The lowest BCUT2D eigenvalue weighted by molar-refractivity contribution is 0.250. The minimum Gasteiger partial charge on any atom is -0.437 e. The highest BCUT2D eigenvalue weighted by Crippen LogP contribution is 2.34. The zero-order valence-corrected chi connectivity index (χ0v) is 17.5. The van der Waals surface area contributed by atoms with Crippen LogP contribution in [0.2, 0.25) is 6.82 Å². The van der Waals surface area contributed by atoms with E-state index in [9.17, 15) is 9.41 Å². The van der Waals surface area contributed by atoms with E-state index in [1.54, 1.807) is 12.3 Å². The normalized spacial score (nSPS) is 17.3. The van der Waals surface area contributed by atoms with Gasteiger partial charge in [0.25, 0.3) is 0 Å². The Morgan fingerprint density at radius 1 is 1.33 bits per heavy atom. The standard InChI is InChI=1S/C23H28BFN4O/c1-15-5-3-7-20(25)23(15)17-9-18-13-28-22(26)11-19(18)21(10-17)27-12-16-6-4-8-29(14-16)24(2)30/h3,5,7,9-11,13,16,27,30H,4,6,8,12,14H2,1-2H3,(H2,26,28)/t16-/m1/s1. The van der Waals surface area contributed by atoms with Gasteiger partial charge in [-0.15, -0.1) is 0 Å². The highest BCUT2D eigenvalue weighted by Gasteiger charge is 2.24. The van der Waals surface area contributed by atoms with Crippen LogP contribution < -0.4 is 11.1 Å². The van der Waals surface area contributed by atoms with Gasteiger partial charge in [-0.1, -0.05) is 12.1 Å². The summed E-state index contributed by atoms with van der Waals surface area (Å²) in [5.41, 5.74) is 9.19. The second-order valence-corrected chi connectivity index (χ2v) is 8.30. The van der Waals surface area contributed by atoms with Crippen LogP contribution in [-0.2, 0) is 0 Å². The zero-order chi connectivity index (χ0) is 21.3. The van der Waals surface area contributed by atoms with E-state index < -0.39 is 7.05 Å². The Balaban J connectivity index is 1.68. The summed E-state index contributed by atoms with van der Waals surface area (Å²) in [4.78, 5) is 6.34. The first-order valence-electron chi connectivity index (χ1n) is 10.5. The third-order valence-corrected chi connectivity index (χ3v) is 6.03. The first kappa shape index (κ1) is 20.6. The minimum absolute atomic E-state index is 0.233. The molecule has 1 saturated heterocycles. The number of nitrogens with one attached hydrogen (secondary N) is 1. The Bertz CT molecular complexity index is 1040. The lowest BCUT2D eigenvalue weighted by Crippen LogP contribution is -2.45.